The molecule has 0 saturated heterocycles. The molecule has 2 atom stereocenters. The normalized spacial score (nSPS) is 17.0. The number of hydrogen-bond acceptors (Lipinski definition) is 4. The lowest BCUT2D eigenvalue weighted by atomic mass is 9.86. The van der Waals surface area contributed by atoms with E-state index >= 15 is 0 Å². The first-order valence-corrected chi connectivity index (χ1v) is 9.95. The summed E-state index contributed by atoms with van der Waals surface area (Å²) in [5, 5.41) is 9.50. The van der Waals surface area contributed by atoms with E-state index in [4.69, 9.17) is 4.74 Å². The second-order valence-electron chi connectivity index (χ2n) is 7.43. The van der Waals surface area contributed by atoms with Crippen LogP contribution in [0.3, 0.4) is 0 Å². The minimum Gasteiger partial charge on any atom is -0.486 e. The summed E-state index contributed by atoms with van der Waals surface area (Å²) in [5.41, 5.74) is 2.86. The van der Waals surface area contributed by atoms with Crippen LogP contribution in [0.5, 0.6) is 5.75 Å². The number of alkyl halides is 1. The smallest absolute Gasteiger partial charge is 0.254 e. The number of halogens is 1. The SMILES string of the molecule is CNC(=O)c1cc(C(=O)NCc2cnn(C)c2)cc2c1O[C@H](CF)[C@H]2c1ccccc1. The van der Waals surface area contributed by atoms with Crippen LogP contribution < -0.4 is 15.4 Å². The maximum atomic E-state index is 13.9. The number of benzene rings is 2. The van der Waals surface area contributed by atoms with Gasteiger partial charge in [-0.15, -0.1) is 0 Å². The number of nitrogens with one attached hydrogen (secondary N) is 2. The number of amides is 2. The lowest BCUT2D eigenvalue weighted by molar-refractivity contribution is 0.0950. The van der Waals surface area contributed by atoms with E-state index < -0.39 is 24.6 Å². The van der Waals surface area contributed by atoms with E-state index in [2.05, 4.69) is 15.7 Å². The number of carbonyl (C=O) groups excluding carboxylic acids is 2. The molecular weight excluding hydrogens is 399 g/mol. The maximum Gasteiger partial charge on any atom is 0.254 e. The van der Waals surface area contributed by atoms with Crippen LogP contribution in [-0.2, 0) is 13.6 Å². The summed E-state index contributed by atoms with van der Waals surface area (Å²) >= 11 is 0. The Bertz CT molecular complexity index is 1110. The molecule has 0 spiro atoms. The Morgan fingerprint density at radius 2 is 1.97 bits per heavy atom. The van der Waals surface area contributed by atoms with Crippen LogP contribution >= 0.6 is 0 Å². The Hall–Kier alpha value is -3.68. The Labute approximate surface area is 179 Å². The highest BCUT2D eigenvalue weighted by Crippen LogP contribution is 2.45. The highest BCUT2D eigenvalue weighted by molar-refractivity contribution is 6.02. The van der Waals surface area contributed by atoms with Gasteiger partial charge >= 0.3 is 0 Å². The van der Waals surface area contributed by atoms with E-state index in [9.17, 15) is 14.0 Å². The van der Waals surface area contributed by atoms with Gasteiger partial charge in [0.25, 0.3) is 11.8 Å². The molecule has 3 aromatic rings. The van der Waals surface area contributed by atoms with Crippen molar-refractivity contribution in [3.05, 3.63) is 82.7 Å². The molecule has 2 amide bonds. The number of carbonyl (C=O) groups is 2. The first-order chi connectivity index (χ1) is 15.0. The maximum absolute atomic E-state index is 13.9. The van der Waals surface area contributed by atoms with E-state index in [-0.39, 0.29) is 11.5 Å². The number of rotatable bonds is 6. The van der Waals surface area contributed by atoms with Gasteiger partial charge in [-0.25, -0.2) is 4.39 Å². The second kappa shape index (κ2) is 8.59. The third kappa shape index (κ3) is 4.01. The van der Waals surface area contributed by atoms with Crippen molar-refractivity contribution in [3.63, 3.8) is 0 Å². The Morgan fingerprint density at radius 3 is 2.61 bits per heavy atom. The van der Waals surface area contributed by atoms with Gasteiger partial charge in [0.2, 0.25) is 0 Å². The van der Waals surface area contributed by atoms with Gasteiger partial charge in [-0.3, -0.25) is 14.3 Å². The average Bonchev–Trinajstić information content (AvgIpc) is 3.39. The molecule has 0 radical (unpaired) electrons. The summed E-state index contributed by atoms with van der Waals surface area (Å²) in [6, 6.07) is 12.6. The molecule has 1 aromatic heterocycles. The summed E-state index contributed by atoms with van der Waals surface area (Å²) in [4.78, 5) is 25.4. The van der Waals surface area contributed by atoms with E-state index in [1.54, 1.807) is 24.0 Å². The van der Waals surface area contributed by atoms with Crippen molar-refractivity contribution < 1.29 is 18.7 Å². The van der Waals surface area contributed by atoms with Crippen molar-refractivity contribution in [1.29, 1.82) is 0 Å². The molecule has 4 rings (SSSR count). The predicted molar refractivity (Wildman–Crippen MR) is 113 cm³/mol. The fourth-order valence-electron chi connectivity index (χ4n) is 3.89. The number of aromatic nitrogens is 2. The van der Waals surface area contributed by atoms with Crippen molar-refractivity contribution in [2.24, 2.45) is 7.05 Å². The van der Waals surface area contributed by atoms with Crippen LogP contribution in [0.1, 0.15) is 43.3 Å². The number of aryl methyl sites for hydroxylation is 1. The first kappa shape index (κ1) is 20.6. The number of ether oxygens (including phenoxy) is 1. The Morgan fingerprint density at radius 1 is 1.19 bits per heavy atom. The molecule has 0 unspecified atom stereocenters. The summed E-state index contributed by atoms with van der Waals surface area (Å²) < 4.78 is 21.4. The quantitative estimate of drug-likeness (QED) is 0.640. The van der Waals surface area contributed by atoms with Gasteiger partial charge in [-0.2, -0.15) is 5.10 Å². The van der Waals surface area contributed by atoms with Crippen LogP contribution in [0.4, 0.5) is 4.39 Å². The summed E-state index contributed by atoms with van der Waals surface area (Å²) in [6.45, 7) is -0.422. The van der Waals surface area contributed by atoms with Gasteiger partial charge in [0.15, 0.2) is 0 Å². The van der Waals surface area contributed by atoms with Gasteiger partial charge < -0.3 is 15.4 Å². The van der Waals surface area contributed by atoms with Crippen LogP contribution in [0.15, 0.2) is 54.9 Å². The van der Waals surface area contributed by atoms with Gasteiger partial charge in [-0.1, -0.05) is 30.3 Å². The molecule has 1 aliphatic heterocycles. The van der Waals surface area contributed by atoms with Crippen LogP contribution in [-0.4, -0.2) is 41.4 Å². The lowest BCUT2D eigenvalue weighted by Gasteiger charge is -2.16. The zero-order chi connectivity index (χ0) is 22.0. The summed E-state index contributed by atoms with van der Waals surface area (Å²) in [7, 11) is 3.30. The van der Waals surface area contributed by atoms with Crippen molar-refractivity contribution in [3.8, 4) is 5.75 Å². The minimum atomic E-state index is -0.769. The van der Waals surface area contributed by atoms with E-state index in [0.29, 0.717) is 23.4 Å². The van der Waals surface area contributed by atoms with Crippen LogP contribution in [0.2, 0.25) is 0 Å². The van der Waals surface area contributed by atoms with Crippen LogP contribution in [0, 0.1) is 0 Å². The third-order valence-electron chi connectivity index (χ3n) is 5.35. The molecule has 0 saturated carbocycles. The summed E-state index contributed by atoms with van der Waals surface area (Å²) in [6.07, 6.45) is 2.71. The largest absolute Gasteiger partial charge is 0.486 e. The molecule has 0 aliphatic carbocycles. The Kier molecular flexibility index (Phi) is 5.70. The molecule has 2 heterocycles. The fourth-order valence-corrected chi connectivity index (χ4v) is 3.89. The number of nitrogens with zero attached hydrogens (tertiary/aromatic N) is 2. The first-order valence-electron chi connectivity index (χ1n) is 9.95. The predicted octanol–water partition coefficient (Wildman–Crippen LogP) is 2.57. The molecular formula is C23H23FN4O3. The van der Waals surface area contributed by atoms with Gasteiger partial charge in [0.05, 0.1) is 17.7 Å². The summed E-state index contributed by atoms with van der Waals surface area (Å²) in [5.74, 6) is -0.841. The minimum absolute atomic E-state index is 0.211. The molecule has 2 aromatic carbocycles. The topological polar surface area (TPSA) is 85.3 Å². The zero-order valence-corrected chi connectivity index (χ0v) is 17.3. The number of hydrogen-bond donors (Lipinski definition) is 2. The highest BCUT2D eigenvalue weighted by atomic mass is 19.1. The monoisotopic (exact) mass is 422 g/mol. The third-order valence-corrected chi connectivity index (χ3v) is 5.35. The molecule has 8 heteroatoms. The van der Waals surface area contributed by atoms with Crippen molar-refractivity contribution in [2.75, 3.05) is 13.7 Å². The highest BCUT2D eigenvalue weighted by Gasteiger charge is 2.39. The second-order valence-corrected chi connectivity index (χ2v) is 7.43. The fraction of sp³-hybridized carbons (Fsp3) is 0.261. The molecule has 31 heavy (non-hydrogen) atoms. The van der Waals surface area contributed by atoms with E-state index in [1.165, 1.54) is 13.1 Å². The number of fused-ring (bicyclic) bond motifs is 1. The molecule has 0 bridgehead atoms. The van der Waals surface area contributed by atoms with Gasteiger partial charge in [-0.05, 0) is 17.7 Å². The molecule has 2 N–H and O–H groups in total. The van der Waals surface area contributed by atoms with E-state index in [1.807, 2.05) is 36.5 Å². The lowest BCUT2D eigenvalue weighted by Crippen LogP contribution is -2.24. The molecule has 1 aliphatic rings. The van der Waals surface area contributed by atoms with Crippen molar-refractivity contribution >= 4 is 11.8 Å². The van der Waals surface area contributed by atoms with Crippen molar-refractivity contribution in [1.82, 2.24) is 20.4 Å². The van der Waals surface area contributed by atoms with Gasteiger partial charge in [0.1, 0.15) is 18.5 Å². The molecule has 7 nitrogen and oxygen atoms in total. The average molecular weight is 422 g/mol. The molecule has 160 valence electrons. The molecule has 0 fully saturated rings. The van der Waals surface area contributed by atoms with Crippen molar-refractivity contribution in [2.45, 2.75) is 18.6 Å². The zero-order valence-electron chi connectivity index (χ0n) is 17.3. The van der Waals surface area contributed by atoms with Crippen LogP contribution in [0.25, 0.3) is 0 Å². The Balaban J connectivity index is 1.73. The van der Waals surface area contributed by atoms with Gasteiger partial charge in [0, 0.05) is 43.5 Å². The standard InChI is InChI=1S/C23H23FN4O3/c1-25-23(30)18-9-16(22(29)26-11-14-12-27-28(2)13-14)8-17-20(15-6-4-3-5-7-15)19(10-24)31-21(17)18/h3-9,12-13,19-20H,10-11H2,1-2H3,(H,25,30)(H,26,29)/t19-,20+/m1/s1. The van der Waals surface area contributed by atoms with E-state index in [0.717, 1.165) is 11.1 Å².